The third-order valence-corrected chi connectivity index (χ3v) is 4.82. The number of pyridine rings is 1. The third kappa shape index (κ3) is 3.25. The number of amides is 1. The summed E-state index contributed by atoms with van der Waals surface area (Å²) < 4.78 is 18.1. The Bertz CT molecular complexity index is 1250. The van der Waals surface area contributed by atoms with Crippen molar-refractivity contribution >= 4 is 22.6 Å². The number of hydrogen-bond donors (Lipinski definition) is 1. The number of fused-ring (bicyclic) bond motifs is 1. The first-order valence-corrected chi connectivity index (χ1v) is 8.91. The predicted molar refractivity (Wildman–Crippen MR) is 111 cm³/mol. The fourth-order valence-electron chi connectivity index (χ4n) is 3.18. The van der Waals surface area contributed by atoms with E-state index in [0.717, 1.165) is 4.57 Å². The Kier molecular flexibility index (Phi) is 5.50. The van der Waals surface area contributed by atoms with E-state index in [0.29, 0.717) is 22.8 Å². The Balaban J connectivity index is 2.18. The van der Waals surface area contributed by atoms with Crippen LogP contribution in [0.5, 0.6) is 17.2 Å². The minimum absolute atomic E-state index is 0.139. The van der Waals surface area contributed by atoms with Gasteiger partial charge in [-0.15, -0.1) is 0 Å². The van der Waals surface area contributed by atoms with Gasteiger partial charge in [-0.1, -0.05) is 0 Å². The van der Waals surface area contributed by atoms with Crippen LogP contribution in [0, 0.1) is 6.92 Å². The molecule has 3 aromatic rings. The van der Waals surface area contributed by atoms with Gasteiger partial charge in [0.05, 0.1) is 27.0 Å². The molecule has 0 bridgehead atoms. The molecule has 0 fully saturated rings. The highest BCUT2D eigenvalue weighted by atomic mass is 16.5. The summed E-state index contributed by atoms with van der Waals surface area (Å²) in [6.07, 6.45) is 1.49. The van der Waals surface area contributed by atoms with Crippen LogP contribution in [0.4, 0.5) is 5.69 Å². The molecule has 0 spiro atoms. The van der Waals surface area contributed by atoms with Crippen molar-refractivity contribution in [2.24, 2.45) is 14.1 Å². The van der Waals surface area contributed by atoms with E-state index in [-0.39, 0.29) is 22.3 Å². The molecule has 0 atom stereocenters. The van der Waals surface area contributed by atoms with Gasteiger partial charge in [0.2, 0.25) is 5.75 Å². The highest BCUT2D eigenvalue weighted by Gasteiger charge is 2.21. The molecule has 0 saturated heterocycles. The Hall–Kier alpha value is -3.82. The SMILES string of the molecule is COc1cc(C(=O)Nc2c(C)cnc3c2c(=O)n(C)c(=O)n3C)cc(OC)c1OC. The van der Waals surface area contributed by atoms with Crippen LogP contribution in [-0.4, -0.2) is 41.4 Å². The van der Waals surface area contributed by atoms with E-state index in [4.69, 9.17) is 14.2 Å². The van der Waals surface area contributed by atoms with Crippen molar-refractivity contribution in [3.63, 3.8) is 0 Å². The van der Waals surface area contributed by atoms with Crippen molar-refractivity contribution in [1.29, 1.82) is 0 Å². The number of anilines is 1. The van der Waals surface area contributed by atoms with Crippen LogP contribution < -0.4 is 30.8 Å². The largest absolute Gasteiger partial charge is 0.493 e. The van der Waals surface area contributed by atoms with Gasteiger partial charge in [-0.25, -0.2) is 9.78 Å². The number of ether oxygens (including phenoxy) is 3. The standard InChI is InChI=1S/C20H22N4O6/c1-10-9-21-17-14(19(26)24(3)20(27)23(17)2)15(10)22-18(25)11-7-12(28-4)16(30-6)13(8-11)29-5/h7-9H,1-6H3,(H,21,22,25). The highest BCUT2D eigenvalue weighted by Crippen LogP contribution is 2.38. The quantitative estimate of drug-likeness (QED) is 0.668. The molecule has 1 N–H and O–H groups in total. The minimum atomic E-state index is -0.551. The molecule has 2 heterocycles. The number of carbonyl (C=O) groups excluding carboxylic acids is 1. The number of rotatable bonds is 5. The number of methoxy groups -OCH3 is 3. The van der Waals surface area contributed by atoms with Crippen LogP contribution in [-0.2, 0) is 14.1 Å². The molecule has 3 rings (SSSR count). The van der Waals surface area contributed by atoms with Crippen LogP contribution in [0.15, 0.2) is 27.9 Å². The van der Waals surface area contributed by atoms with Gasteiger partial charge in [0, 0.05) is 25.9 Å². The Morgan fingerprint density at radius 3 is 2.13 bits per heavy atom. The molecule has 0 radical (unpaired) electrons. The number of hydrogen-bond acceptors (Lipinski definition) is 7. The predicted octanol–water partition coefficient (Wildman–Crippen LogP) is 1.22. The molecule has 0 aliphatic heterocycles. The van der Waals surface area contributed by atoms with Crippen LogP contribution in [0.2, 0.25) is 0 Å². The van der Waals surface area contributed by atoms with Gasteiger partial charge < -0.3 is 19.5 Å². The topological polar surface area (TPSA) is 114 Å². The zero-order valence-electron chi connectivity index (χ0n) is 17.5. The number of aromatic nitrogens is 3. The van der Waals surface area contributed by atoms with Crippen molar-refractivity contribution in [3.8, 4) is 17.2 Å². The molecule has 158 valence electrons. The number of nitrogens with zero attached hydrogens (tertiary/aromatic N) is 3. The van der Waals surface area contributed by atoms with E-state index in [2.05, 4.69) is 10.3 Å². The van der Waals surface area contributed by atoms with Gasteiger partial charge in [0.1, 0.15) is 5.39 Å². The molecule has 10 heteroatoms. The lowest BCUT2D eigenvalue weighted by atomic mass is 10.1. The Morgan fingerprint density at radius 1 is 1.00 bits per heavy atom. The van der Waals surface area contributed by atoms with Crippen molar-refractivity contribution in [2.45, 2.75) is 6.92 Å². The third-order valence-electron chi connectivity index (χ3n) is 4.82. The molecule has 1 aromatic carbocycles. The number of nitrogens with one attached hydrogen (secondary N) is 1. The van der Waals surface area contributed by atoms with E-state index in [9.17, 15) is 14.4 Å². The zero-order valence-corrected chi connectivity index (χ0v) is 17.5. The summed E-state index contributed by atoms with van der Waals surface area (Å²) in [6, 6.07) is 3.01. The average Bonchev–Trinajstić information content (AvgIpc) is 2.76. The lowest BCUT2D eigenvalue weighted by Gasteiger charge is -2.16. The summed E-state index contributed by atoms with van der Waals surface area (Å²) in [7, 11) is 7.24. The number of aryl methyl sites for hydroxylation is 2. The van der Waals surface area contributed by atoms with E-state index >= 15 is 0 Å². The maximum Gasteiger partial charge on any atom is 0.332 e. The second kappa shape index (κ2) is 7.90. The smallest absolute Gasteiger partial charge is 0.332 e. The fraction of sp³-hybridized carbons (Fsp3) is 0.300. The number of carbonyl (C=O) groups is 1. The summed E-state index contributed by atoms with van der Waals surface area (Å²) in [5, 5.41) is 2.90. The van der Waals surface area contributed by atoms with Crippen LogP contribution in [0.1, 0.15) is 15.9 Å². The summed E-state index contributed by atoms with van der Waals surface area (Å²) in [4.78, 5) is 42.2. The number of benzene rings is 1. The monoisotopic (exact) mass is 414 g/mol. The summed E-state index contributed by atoms with van der Waals surface area (Å²) in [6.45, 7) is 1.71. The molecule has 0 saturated carbocycles. The lowest BCUT2D eigenvalue weighted by molar-refractivity contribution is 0.102. The molecule has 0 aliphatic rings. The maximum absolute atomic E-state index is 13.0. The maximum atomic E-state index is 13.0. The molecule has 30 heavy (non-hydrogen) atoms. The summed E-state index contributed by atoms with van der Waals surface area (Å²) >= 11 is 0. The molecule has 10 nitrogen and oxygen atoms in total. The molecule has 0 aliphatic carbocycles. The Morgan fingerprint density at radius 2 is 1.60 bits per heavy atom. The normalized spacial score (nSPS) is 10.7. The van der Waals surface area contributed by atoms with E-state index in [1.807, 2.05) is 0 Å². The molecular formula is C20H22N4O6. The van der Waals surface area contributed by atoms with Gasteiger partial charge >= 0.3 is 5.69 Å². The minimum Gasteiger partial charge on any atom is -0.493 e. The van der Waals surface area contributed by atoms with E-state index < -0.39 is 17.2 Å². The first kappa shape index (κ1) is 20.9. The second-order valence-electron chi connectivity index (χ2n) is 6.59. The van der Waals surface area contributed by atoms with Crippen LogP contribution >= 0.6 is 0 Å². The second-order valence-corrected chi connectivity index (χ2v) is 6.59. The zero-order chi connectivity index (χ0) is 22.2. The fourth-order valence-corrected chi connectivity index (χ4v) is 3.18. The highest BCUT2D eigenvalue weighted by molar-refractivity contribution is 6.09. The Labute approximate surface area is 171 Å². The van der Waals surface area contributed by atoms with Crippen molar-refractivity contribution in [3.05, 3.63) is 50.3 Å². The molecule has 0 unspecified atom stereocenters. The molecular weight excluding hydrogens is 392 g/mol. The first-order valence-electron chi connectivity index (χ1n) is 8.91. The summed E-state index contributed by atoms with van der Waals surface area (Å²) in [5.41, 5.74) is 0.189. The molecule has 1 amide bonds. The van der Waals surface area contributed by atoms with Crippen molar-refractivity contribution in [1.82, 2.24) is 14.1 Å². The van der Waals surface area contributed by atoms with E-state index in [1.165, 1.54) is 58.3 Å². The lowest BCUT2D eigenvalue weighted by Crippen LogP contribution is -2.37. The van der Waals surface area contributed by atoms with Crippen molar-refractivity contribution < 1.29 is 19.0 Å². The van der Waals surface area contributed by atoms with Gasteiger partial charge in [0.25, 0.3) is 11.5 Å². The molecule has 2 aromatic heterocycles. The van der Waals surface area contributed by atoms with Gasteiger partial charge in [-0.05, 0) is 24.6 Å². The van der Waals surface area contributed by atoms with Crippen LogP contribution in [0.3, 0.4) is 0 Å². The summed E-state index contributed by atoms with van der Waals surface area (Å²) in [5.74, 6) is 0.486. The van der Waals surface area contributed by atoms with Gasteiger partial charge in [-0.2, -0.15) is 0 Å². The van der Waals surface area contributed by atoms with Gasteiger partial charge in [-0.3, -0.25) is 18.7 Å². The van der Waals surface area contributed by atoms with Crippen LogP contribution in [0.25, 0.3) is 11.0 Å². The average molecular weight is 414 g/mol. The van der Waals surface area contributed by atoms with E-state index in [1.54, 1.807) is 6.92 Å². The van der Waals surface area contributed by atoms with Crippen molar-refractivity contribution in [2.75, 3.05) is 26.6 Å². The van der Waals surface area contributed by atoms with Gasteiger partial charge in [0.15, 0.2) is 17.1 Å². The first-order chi connectivity index (χ1) is 14.2.